The fourth-order valence-corrected chi connectivity index (χ4v) is 5.55. The molecule has 1 N–H and O–H groups in total. The van der Waals surface area contributed by atoms with Crippen molar-refractivity contribution in [3.63, 3.8) is 0 Å². The molecule has 3 aliphatic rings. The van der Waals surface area contributed by atoms with Crippen LogP contribution in [0.15, 0.2) is 73.4 Å². The van der Waals surface area contributed by atoms with Gasteiger partial charge in [-0.3, -0.25) is 4.90 Å². The molecule has 0 saturated carbocycles. The molecule has 2 bridgehead atoms. The zero-order valence-electron chi connectivity index (χ0n) is 18.5. The Kier molecular flexibility index (Phi) is 6.85. The number of benzene rings is 2. The summed E-state index contributed by atoms with van der Waals surface area (Å²) < 4.78 is 7.78. The fourth-order valence-electron chi connectivity index (χ4n) is 5.55. The Bertz CT molecular complexity index is 1090. The maximum absolute atomic E-state index is 11.6. The van der Waals surface area contributed by atoms with Gasteiger partial charge in [-0.05, 0) is 43.4 Å². The molecule has 6 rings (SSSR count). The van der Waals surface area contributed by atoms with Crippen molar-refractivity contribution < 1.29 is 26.8 Å². The summed E-state index contributed by atoms with van der Waals surface area (Å²) in [5, 5.41) is 12.6. The van der Waals surface area contributed by atoms with E-state index in [4.69, 9.17) is 4.74 Å². The van der Waals surface area contributed by atoms with E-state index in [1.54, 1.807) is 7.11 Å². The quantitative estimate of drug-likeness (QED) is 0.451. The minimum absolute atomic E-state index is 0. The van der Waals surface area contributed by atoms with Gasteiger partial charge in [0.2, 0.25) is 5.52 Å². The Balaban J connectivity index is 0.00000245. The predicted octanol–water partition coefficient (Wildman–Crippen LogP) is 1.12. The maximum Gasteiger partial charge on any atom is 0.213 e. The predicted molar refractivity (Wildman–Crippen MR) is 123 cm³/mol. The molecule has 1 unspecified atom stereocenters. The molecule has 3 aromatic rings. The van der Waals surface area contributed by atoms with Gasteiger partial charge in [-0.1, -0.05) is 36.4 Å². The van der Waals surface area contributed by atoms with E-state index in [2.05, 4.69) is 70.8 Å². The topological polar surface area (TPSA) is 36.6 Å². The summed E-state index contributed by atoms with van der Waals surface area (Å²) in [4.78, 5) is 2.47. The van der Waals surface area contributed by atoms with E-state index in [1.807, 2.05) is 12.1 Å². The van der Waals surface area contributed by atoms with Crippen LogP contribution in [0.25, 0.3) is 10.9 Å². The molecule has 4 heterocycles. The lowest BCUT2D eigenvalue weighted by Crippen LogP contribution is -3.00. The highest BCUT2D eigenvalue weighted by molar-refractivity contribution is 5.81. The van der Waals surface area contributed by atoms with Crippen molar-refractivity contribution in [1.82, 2.24) is 4.90 Å². The Morgan fingerprint density at radius 2 is 2.03 bits per heavy atom. The zero-order valence-corrected chi connectivity index (χ0v) is 19.3. The third-order valence-electron chi connectivity index (χ3n) is 7.29. The molecule has 5 atom stereocenters. The minimum atomic E-state index is -0.519. The Labute approximate surface area is 196 Å². The molecule has 4 nitrogen and oxygen atoms in total. The number of nitrogens with zero attached hydrogens (tertiary/aromatic N) is 2. The van der Waals surface area contributed by atoms with Gasteiger partial charge in [0, 0.05) is 35.8 Å². The van der Waals surface area contributed by atoms with Gasteiger partial charge in [0.25, 0.3) is 0 Å². The molecule has 1 aromatic heterocycles. The number of rotatable bonds is 6. The molecular weight excluding hydrogens is 420 g/mol. The number of aliphatic hydroxyl groups excluding tert-OH is 1. The molecule has 5 heteroatoms. The summed E-state index contributed by atoms with van der Waals surface area (Å²) in [5.74, 6) is 2.00. The maximum atomic E-state index is 11.6. The summed E-state index contributed by atoms with van der Waals surface area (Å²) in [5.41, 5.74) is 3.36. The second-order valence-corrected chi connectivity index (χ2v) is 8.96. The van der Waals surface area contributed by atoms with Gasteiger partial charge in [-0.2, -0.15) is 4.57 Å². The Morgan fingerprint density at radius 3 is 2.72 bits per heavy atom. The Morgan fingerprint density at radius 1 is 1.22 bits per heavy atom. The molecule has 32 heavy (non-hydrogen) atoms. The van der Waals surface area contributed by atoms with Crippen LogP contribution in [0.2, 0.25) is 0 Å². The van der Waals surface area contributed by atoms with Crippen molar-refractivity contribution in [3.8, 4) is 5.75 Å². The number of aromatic nitrogens is 1. The SMILES string of the molecule is C=C[C@H]1CN2CC[C@H]1C[C@@H]2[C@H](O)c1cc[n+](Cc2ccccc2)c2ccc(OC)cc12.[Cl-]. The van der Waals surface area contributed by atoms with Crippen molar-refractivity contribution in [2.75, 3.05) is 20.2 Å². The number of piperidine rings is 3. The van der Waals surface area contributed by atoms with Gasteiger partial charge in [0.1, 0.15) is 5.75 Å². The van der Waals surface area contributed by atoms with E-state index < -0.39 is 6.10 Å². The van der Waals surface area contributed by atoms with Crippen LogP contribution >= 0.6 is 0 Å². The summed E-state index contributed by atoms with van der Waals surface area (Å²) in [7, 11) is 1.69. The van der Waals surface area contributed by atoms with Crippen LogP contribution in [0.1, 0.15) is 30.1 Å². The third kappa shape index (κ3) is 4.15. The third-order valence-corrected chi connectivity index (χ3v) is 7.29. The number of fused-ring (bicyclic) bond motifs is 4. The summed E-state index contributed by atoms with van der Waals surface area (Å²) in [6.07, 6.45) is 5.94. The first-order valence-corrected chi connectivity index (χ1v) is 11.3. The largest absolute Gasteiger partial charge is 1.00 e. The fraction of sp³-hybridized carbons (Fsp3) is 0.370. The number of aliphatic hydroxyl groups is 1. The summed E-state index contributed by atoms with van der Waals surface area (Å²) >= 11 is 0. The van der Waals surface area contributed by atoms with Crippen molar-refractivity contribution >= 4 is 10.9 Å². The second kappa shape index (κ2) is 9.62. The number of hydrogen-bond donors (Lipinski definition) is 1. The van der Waals surface area contributed by atoms with Crippen LogP contribution in [-0.2, 0) is 6.54 Å². The van der Waals surface area contributed by atoms with Crippen LogP contribution in [0.5, 0.6) is 5.75 Å². The molecule has 0 amide bonds. The highest BCUT2D eigenvalue weighted by atomic mass is 35.5. The van der Waals surface area contributed by atoms with E-state index in [-0.39, 0.29) is 18.4 Å². The first kappa shape index (κ1) is 22.8. The van der Waals surface area contributed by atoms with E-state index >= 15 is 0 Å². The minimum Gasteiger partial charge on any atom is -1.00 e. The average molecular weight is 451 g/mol. The molecule has 3 fully saturated rings. The molecule has 0 aliphatic carbocycles. The monoisotopic (exact) mass is 450 g/mol. The van der Waals surface area contributed by atoms with E-state index in [0.717, 1.165) is 48.3 Å². The molecule has 168 valence electrons. The average Bonchev–Trinajstić information content (AvgIpc) is 2.84. The second-order valence-electron chi connectivity index (χ2n) is 8.96. The van der Waals surface area contributed by atoms with Crippen molar-refractivity contribution in [2.45, 2.75) is 31.5 Å². The van der Waals surface area contributed by atoms with Crippen molar-refractivity contribution in [2.24, 2.45) is 11.8 Å². The number of pyridine rings is 1. The van der Waals surface area contributed by atoms with Crippen LogP contribution in [0, 0.1) is 11.8 Å². The van der Waals surface area contributed by atoms with Gasteiger partial charge >= 0.3 is 0 Å². The standard InChI is InChI=1S/C27H31N2O2.ClH/c1-3-20-18-29-13-11-21(20)15-26(29)27(30)23-12-14-28(17-19-7-5-4-6-8-19)25-10-9-22(31-2)16-24(23)25;/h3-10,12,14,16,20-21,26-27,30H,1,11,13,15,17-18H2,2H3;1H/q+1;/p-1/t20-,21-,26+,27+;/m0./s1. The lowest BCUT2D eigenvalue weighted by molar-refractivity contribution is -0.662. The molecular formula is C27H31ClN2O2. The van der Waals surface area contributed by atoms with Gasteiger partial charge < -0.3 is 22.3 Å². The smallest absolute Gasteiger partial charge is 0.213 e. The molecule has 0 spiro atoms. The summed E-state index contributed by atoms with van der Waals surface area (Å²) in [6, 6.07) is 18.9. The normalized spacial score (nSPS) is 25.2. The van der Waals surface area contributed by atoms with E-state index in [9.17, 15) is 5.11 Å². The van der Waals surface area contributed by atoms with E-state index in [1.165, 1.54) is 12.0 Å². The van der Waals surface area contributed by atoms with Gasteiger partial charge in [0.15, 0.2) is 12.7 Å². The molecule has 3 saturated heterocycles. The lowest BCUT2D eigenvalue weighted by Gasteiger charge is -2.50. The van der Waals surface area contributed by atoms with Crippen LogP contribution in [0.4, 0.5) is 0 Å². The lowest BCUT2D eigenvalue weighted by atomic mass is 9.73. The molecule has 3 aliphatic heterocycles. The van der Waals surface area contributed by atoms with Crippen molar-refractivity contribution in [1.29, 1.82) is 0 Å². The summed E-state index contributed by atoms with van der Waals surface area (Å²) in [6.45, 7) is 6.90. The molecule has 0 radical (unpaired) electrons. The van der Waals surface area contributed by atoms with Gasteiger partial charge in [0.05, 0.1) is 18.6 Å². The van der Waals surface area contributed by atoms with Crippen molar-refractivity contribution in [3.05, 3.63) is 84.6 Å². The van der Waals surface area contributed by atoms with Gasteiger partial charge in [-0.15, -0.1) is 6.58 Å². The first-order valence-electron chi connectivity index (χ1n) is 11.3. The van der Waals surface area contributed by atoms with Crippen LogP contribution in [0.3, 0.4) is 0 Å². The first-order chi connectivity index (χ1) is 15.2. The number of hydrogen-bond acceptors (Lipinski definition) is 3. The van der Waals surface area contributed by atoms with Crippen LogP contribution < -0.4 is 21.7 Å². The zero-order chi connectivity index (χ0) is 21.4. The molecule has 2 aromatic carbocycles. The number of ether oxygens (including phenoxy) is 1. The number of halogens is 1. The number of methoxy groups -OCH3 is 1. The van der Waals surface area contributed by atoms with E-state index in [0.29, 0.717) is 11.8 Å². The Hall–Kier alpha value is -2.40. The highest BCUT2D eigenvalue weighted by Crippen LogP contribution is 2.42. The van der Waals surface area contributed by atoms with Gasteiger partial charge in [-0.25, -0.2) is 0 Å². The van der Waals surface area contributed by atoms with Crippen LogP contribution in [-0.4, -0.2) is 36.2 Å². The highest BCUT2D eigenvalue weighted by Gasteiger charge is 2.42.